The van der Waals surface area contributed by atoms with Crippen LogP contribution in [0, 0.1) is 21.7 Å². The third-order valence-electron chi connectivity index (χ3n) is 7.23. The average Bonchev–Trinajstić information content (AvgIpc) is 2.97. The number of fused-ring (bicyclic) bond motifs is 2. The molecule has 2 aromatic rings. The number of nitrogens with one attached hydrogen (secondary N) is 2. The Hall–Kier alpha value is -2.40. The van der Waals surface area contributed by atoms with Gasteiger partial charge in [-0.3, -0.25) is 19.7 Å². The van der Waals surface area contributed by atoms with Crippen LogP contribution in [0.4, 0.5) is 25.8 Å². The number of nitro groups is 1. The predicted molar refractivity (Wildman–Crippen MR) is 215 cm³/mol. The van der Waals surface area contributed by atoms with Crippen LogP contribution >= 0.6 is 0 Å². The van der Waals surface area contributed by atoms with Crippen molar-refractivity contribution in [3.8, 4) is 11.5 Å². The van der Waals surface area contributed by atoms with Crippen LogP contribution in [0.15, 0.2) is 30.3 Å². The van der Waals surface area contributed by atoms with Gasteiger partial charge >= 0.3 is 5.69 Å². The third-order valence-corrected chi connectivity index (χ3v) is 7.23. The topological polar surface area (TPSA) is 120 Å². The van der Waals surface area contributed by atoms with Crippen molar-refractivity contribution >= 4 is 179 Å². The van der Waals surface area contributed by atoms with Crippen molar-refractivity contribution in [2.24, 2.45) is 0 Å². The summed E-state index contributed by atoms with van der Waals surface area (Å²) in [4.78, 5) is 31.2. The van der Waals surface area contributed by atoms with Crippen LogP contribution in [0.5, 0.6) is 11.5 Å². The first kappa shape index (κ1) is 44.6. The summed E-state index contributed by atoms with van der Waals surface area (Å²) in [5.41, 5.74) is -0.0634. The fraction of sp³-hybridized carbons (Fsp3) is 0.176. The number of benzene rings is 2. The average molecular weight is 622 g/mol. The Morgan fingerprint density at radius 2 is 1.16 bits per heavy atom. The molecule has 2 aliphatic heterocycles. The maximum atomic E-state index is 13.1. The van der Waals surface area contributed by atoms with E-state index in [2.05, 4.69) is 10.6 Å². The van der Waals surface area contributed by atoms with E-state index in [9.17, 15) is 28.5 Å². The highest BCUT2D eigenvalue weighted by atomic mass is 19.1. The Kier molecular flexibility index (Phi) is 18.6. The van der Waals surface area contributed by atoms with Crippen molar-refractivity contribution in [1.29, 1.82) is 0 Å². The van der Waals surface area contributed by atoms with E-state index in [0.717, 1.165) is 12.1 Å². The van der Waals surface area contributed by atoms with Crippen LogP contribution in [-0.2, 0) is 9.59 Å². The van der Waals surface area contributed by atoms with Gasteiger partial charge < -0.3 is 20.1 Å². The molecule has 0 aromatic heterocycles. The Morgan fingerprint density at radius 3 is 1.57 bits per heavy atom. The van der Waals surface area contributed by atoms with Crippen molar-refractivity contribution in [3.05, 3.63) is 52.1 Å². The molecule has 0 saturated carbocycles. The van der Waals surface area contributed by atoms with Gasteiger partial charge in [-0.15, -0.1) is 0 Å². The SMILES string of the molecule is C.O=C1COc2cc(F)c([N+](=O)[O-])cc2N1.O=C1COc2cc(F)ccc2N1.[B][B]B(B([B])[B])B(B(B([B])[B])B([B])[B])B(B([B])[B])B([B])[B]. The van der Waals surface area contributed by atoms with E-state index in [-0.39, 0.29) is 43.8 Å². The summed E-state index contributed by atoms with van der Waals surface area (Å²) in [6.07, 6.45) is -6.78. The van der Waals surface area contributed by atoms with Crippen LogP contribution in [0.2, 0.25) is 0 Å². The summed E-state index contributed by atoms with van der Waals surface area (Å²) in [6.45, 7) is -0.263. The maximum Gasteiger partial charge on any atom is 0.307 e. The van der Waals surface area contributed by atoms with Gasteiger partial charge in [-0.1, -0.05) is 7.43 Å². The quantitative estimate of drug-likeness (QED) is 0.156. The van der Waals surface area contributed by atoms with Crippen molar-refractivity contribution in [3.63, 3.8) is 0 Å². The van der Waals surface area contributed by atoms with Gasteiger partial charge in [0.05, 0.1) is 16.3 Å². The van der Waals surface area contributed by atoms with E-state index in [1.54, 1.807) is 0 Å². The second kappa shape index (κ2) is 20.5. The molecule has 32 heteroatoms. The number of carbonyl (C=O) groups is 2. The zero-order chi connectivity index (χ0) is 36.5. The maximum absolute atomic E-state index is 13.1. The first-order valence-corrected chi connectivity index (χ1v) is 14.1. The van der Waals surface area contributed by atoms with Gasteiger partial charge in [-0.2, -0.15) is 4.39 Å². The zero-order valence-corrected chi connectivity index (χ0v) is 25.6. The fourth-order valence-electron chi connectivity index (χ4n) is 5.10. The summed E-state index contributed by atoms with van der Waals surface area (Å²) in [5, 5.41) is 15.3. The molecule has 0 atom stereocenters. The summed E-state index contributed by atoms with van der Waals surface area (Å²) in [7, 11) is 64.8. The van der Waals surface area contributed by atoms with Crippen LogP contribution in [0.25, 0.3) is 0 Å². The van der Waals surface area contributed by atoms with Crippen LogP contribution in [-0.4, -0.2) is 180 Å². The lowest BCUT2D eigenvalue weighted by Gasteiger charge is -2.43. The minimum absolute atomic E-state index is 0. The predicted octanol–water partition coefficient (Wildman–Crippen LogP) is -5.14. The highest BCUT2D eigenvalue weighted by Crippen LogP contribution is 2.33. The smallest absolute Gasteiger partial charge is 0.307 e. The molecule has 9 nitrogen and oxygen atoms in total. The van der Waals surface area contributed by atoms with Crippen molar-refractivity contribution in [2.45, 2.75) is 7.43 Å². The highest BCUT2D eigenvalue weighted by molar-refractivity contribution is 8.20. The van der Waals surface area contributed by atoms with Crippen molar-refractivity contribution in [1.82, 2.24) is 0 Å². The number of hydrogen-bond acceptors (Lipinski definition) is 6. The van der Waals surface area contributed by atoms with E-state index < -0.39 is 79.8 Å². The monoisotopic (exact) mass is 626 g/mol. The van der Waals surface area contributed by atoms with Gasteiger partial charge in [0.2, 0.25) is 5.82 Å². The molecule has 0 fully saturated rings. The largest absolute Gasteiger partial charge is 0.481 e. The minimum Gasteiger partial charge on any atom is -0.481 e. The molecule has 2 aliphatic rings. The van der Waals surface area contributed by atoms with E-state index in [0.29, 0.717) is 11.4 Å². The number of amides is 2. The molecule has 0 aliphatic carbocycles. The Bertz CT molecular complexity index is 1400. The molecule has 0 bridgehead atoms. The van der Waals surface area contributed by atoms with E-state index in [1.807, 2.05) is 0 Å². The van der Waals surface area contributed by atoms with Gasteiger partial charge in [-0.05, 0) is 12.1 Å². The Labute approximate surface area is 305 Å². The van der Waals surface area contributed by atoms with E-state index >= 15 is 0 Å². The number of rotatable bonds is 10. The zero-order valence-electron chi connectivity index (χ0n) is 25.6. The van der Waals surface area contributed by atoms with Crippen molar-refractivity contribution in [2.75, 3.05) is 23.8 Å². The first-order valence-electron chi connectivity index (χ1n) is 14.1. The molecular formula is C17H15B21F2N3O6. The van der Waals surface area contributed by atoms with Crippen LogP contribution < -0.4 is 20.1 Å². The molecule has 4 rings (SSSR count). The lowest BCUT2D eigenvalue weighted by Crippen LogP contribution is -2.81. The van der Waals surface area contributed by atoms with Crippen LogP contribution in [0.1, 0.15) is 7.43 Å². The van der Waals surface area contributed by atoms with Gasteiger partial charge in [0.15, 0.2) is 13.2 Å². The molecule has 23 radical (unpaired) electrons. The standard InChI is InChI=1S/C8H5FN2O4.C8H6FNO2.CH4.B21/c9-4-1-7-5(2-6(4)11(13)14)10-8(12)3-15-7;9-5-1-2-6-7(3-5)12-4-8(11)10-6;;1-12-18(13(2)3)21(19(14(4)5)15(6)7)20(16(8)9)17(10)11/h1-2H,3H2,(H,10,12);1-3H,4H2,(H,10,11);1H4;. The third kappa shape index (κ3) is 12.7. The number of anilines is 2. The van der Waals surface area contributed by atoms with Crippen LogP contribution in [0.3, 0.4) is 0 Å². The van der Waals surface area contributed by atoms with Gasteiger partial charge in [0, 0.05) is 168 Å². The molecule has 2 heterocycles. The molecule has 0 spiro atoms. The molecule has 0 unspecified atom stereocenters. The van der Waals surface area contributed by atoms with Gasteiger partial charge in [0.25, 0.3) is 11.8 Å². The molecule has 2 amide bonds. The molecule has 2 N–H and O–H groups in total. The number of nitro benzene ring substituents is 1. The summed E-state index contributed by atoms with van der Waals surface area (Å²) in [5.74, 6) is -1.52. The first-order chi connectivity index (χ1) is 22.4. The minimum atomic E-state index is -0.991. The molecule has 49 heavy (non-hydrogen) atoms. The second-order valence-electron chi connectivity index (χ2n) is 10.8. The number of halogens is 2. The lowest BCUT2D eigenvalue weighted by molar-refractivity contribution is -0.387. The number of nitrogens with zero attached hydrogens (tertiary/aromatic N) is 1. The van der Waals surface area contributed by atoms with Gasteiger partial charge in [-0.25, -0.2) is 4.39 Å². The normalized spacial score (nSPS) is 11.7. The van der Waals surface area contributed by atoms with Crippen molar-refractivity contribution < 1.29 is 32.8 Å². The molecule has 211 valence electrons. The summed E-state index contributed by atoms with van der Waals surface area (Å²) in [6, 6.07) is 5.80. The second-order valence-corrected chi connectivity index (χ2v) is 10.8. The summed E-state index contributed by atoms with van der Waals surface area (Å²) >= 11 is 0. The molecular weight excluding hydrogens is 607 g/mol. The highest BCUT2D eigenvalue weighted by Gasteiger charge is 2.45. The van der Waals surface area contributed by atoms with E-state index in [4.69, 9.17) is 94.6 Å². The number of carbonyl (C=O) groups excluding carboxylic acids is 2. The van der Waals surface area contributed by atoms with Gasteiger partial charge in [0.1, 0.15) is 17.3 Å². The fourth-order valence-corrected chi connectivity index (χ4v) is 5.10. The number of hydrogen-bond donors (Lipinski definition) is 2. The summed E-state index contributed by atoms with van der Waals surface area (Å²) < 4.78 is 35.5. The Morgan fingerprint density at radius 1 is 0.714 bits per heavy atom. The van der Waals surface area contributed by atoms with E-state index in [1.165, 1.54) is 25.3 Å². The Balaban J connectivity index is 0.000000376. The molecule has 2 aromatic carbocycles. The number of ether oxygens (including phenoxy) is 2. The lowest BCUT2D eigenvalue weighted by atomic mass is 8.38. The molecule has 0 saturated heterocycles.